The molecule has 2 aliphatic carbocycles. The molecule has 0 bridgehead atoms. The van der Waals surface area contributed by atoms with Gasteiger partial charge >= 0.3 is 0 Å². The van der Waals surface area contributed by atoms with Crippen molar-refractivity contribution in [1.29, 1.82) is 5.26 Å². The fourth-order valence-electron chi connectivity index (χ4n) is 5.43. The number of nitrogens with zero attached hydrogens (tertiary/aromatic N) is 1. The van der Waals surface area contributed by atoms with E-state index in [1.807, 2.05) is 12.1 Å². The molecule has 0 amide bonds. The van der Waals surface area contributed by atoms with E-state index in [9.17, 15) is 4.39 Å². The summed E-state index contributed by atoms with van der Waals surface area (Å²) >= 11 is 0. The van der Waals surface area contributed by atoms with Gasteiger partial charge in [0.2, 0.25) is 0 Å². The van der Waals surface area contributed by atoms with Gasteiger partial charge in [0.15, 0.2) is 0 Å². The molecule has 1 nitrogen and oxygen atoms in total. The topological polar surface area (TPSA) is 23.8 Å². The molecule has 0 unspecified atom stereocenters. The summed E-state index contributed by atoms with van der Waals surface area (Å²) in [5, 5.41) is 8.88. The molecule has 148 valence electrons. The van der Waals surface area contributed by atoms with Crippen molar-refractivity contribution in [2.45, 2.75) is 96.3 Å². The Balaban J connectivity index is 1.37. The average Bonchev–Trinajstić information content (AvgIpc) is 2.72. The Morgan fingerprint density at radius 1 is 0.889 bits per heavy atom. The molecular weight excluding hydrogens is 333 g/mol. The molecule has 0 aromatic heterocycles. The van der Waals surface area contributed by atoms with Crippen LogP contribution < -0.4 is 0 Å². The number of unbranched alkanes of at least 4 members (excludes halogenated alkanes) is 1. The molecule has 1 aromatic rings. The summed E-state index contributed by atoms with van der Waals surface area (Å²) in [6.07, 6.45) is 17.9. The summed E-state index contributed by atoms with van der Waals surface area (Å²) in [4.78, 5) is 0. The molecule has 0 aliphatic heterocycles. The first kappa shape index (κ1) is 20.4. The van der Waals surface area contributed by atoms with Crippen molar-refractivity contribution in [3.05, 3.63) is 35.1 Å². The Morgan fingerprint density at radius 2 is 1.44 bits per heavy atom. The molecule has 0 atom stereocenters. The van der Waals surface area contributed by atoms with Gasteiger partial charge in [-0.2, -0.15) is 5.26 Å². The van der Waals surface area contributed by atoms with Gasteiger partial charge in [-0.3, -0.25) is 0 Å². The van der Waals surface area contributed by atoms with Crippen LogP contribution in [-0.4, -0.2) is 0 Å². The van der Waals surface area contributed by atoms with Gasteiger partial charge in [0, 0.05) is 0 Å². The van der Waals surface area contributed by atoms with Crippen LogP contribution >= 0.6 is 0 Å². The van der Waals surface area contributed by atoms with Crippen LogP contribution in [0.25, 0.3) is 0 Å². The molecule has 0 saturated heterocycles. The van der Waals surface area contributed by atoms with Crippen LogP contribution in [0, 0.1) is 34.9 Å². The number of nitriles is 1. The van der Waals surface area contributed by atoms with Gasteiger partial charge in [0.1, 0.15) is 11.9 Å². The zero-order valence-corrected chi connectivity index (χ0v) is 17.1. The van der Waals surface area contributed by atoms with Gasteiger partial charge in [-0.25, -0.2) is 4.39 Å². The van der Waals surface area contributed by atoms with Gasteiger partial charge in [-0.15, -0.1) is 0 Å². The van der Waals surface area contributed by atoms with Gasteiger partial charge in [-0.1, -0.05) is 70.8 Å². The van der Waals surface area contributed by atoms with Crippen LogP contribution in [0.5, 0.6) is 0 Å². The minimum atomic E-state index is -0.355. The van der Waals surface area contributed by atoms with E-state index in [1.165, 1.54) is 83.5 Å². The molecule has 0 spiro atoms. The molecule has 2 fully saturated rings. The summed E-state index contributed by atoms with van der Waals surface area (Å²) in [5.74, 6) is 3.00. The average molecular weight is 370 g/mol. The van der Waals surface area contributed by atoms with E-state index in [-0.39, 0.29) is 11.4 Å². The monoisotopic (exact) mass is 369 g/mol. The molecule has 3 rings (SSSR count). The Morgan fingerprint density at radius 3 is 1.96 bits per heavy atom. The number of rotatable bonds is 7. The smallest absolute Gasteiger partial charge is 0.141 e. The highest BCUT2D eigenvalue weighted by Gasteiger charge is 2.25. The first-order valence-corrected chi connectivity index (χ1v) is 11.4. The fraction of sp³-hybridized carbons (Fsp3) is 0.720. The zero-order valence-electron chi connectivity index (χ0n) is 17.1. The van der Waals surface area contributed by atoms with Crippen molar-refractivity contribution in [3.63, 3.8) is 0 Å². The van der Waals surface area contributed by atoms with E-state index in [2.05, 4.69) is 6.92 Å². The Hall–Kier alpha value is -1.36. The van der Waals surface area contributed by atoms with Crippen molar-refractivity contribution in [3.8, 4) is 6.07 Å². The van der Waals surface area contributed by atoms with E-state index >= 15 is 0 Å². The molecule has 1 aromatic carbocycles. The van der Waals surface area contributed by atoms with E-state index in [0.29, 0.717) is 5.92 Å². The first-order valence-electron chi connectivity index (χ1n) is 11.4. The van der Waals surface area contributed by atoms with Crippen molar-refractivity contribution in [2.75, 3.05) is 0 Å². The normalized spacial score (nSPS) is 28.6. The van der Waals surface area contributed by atoms with Gasteiger partial charge in [0.25, 0.3) is 0 Å². The van der Waals surface area contributed by atoms with Crippen molar-refractivity contribution < 1.29 is 4.39 Å². The highest BCUT2D eigenvalue weighted by Crippen LogP contribution is 2.40. The van der Waals surface area contributed by atoms with Crippen molar-refractivity contribution in [1.82, 2.24) is 0 Å². The van der Waals surface area contributed by atoms with Crippen LogP contribution in [0.1, 0.15) is 107 Å². The summed E-state index contributed by atoms with van der Waals surface area (Å²) in [7, 11) is 0. The zero-order chi connectivity index (χ0) is 19.1. The molecule has 2 heteroatoms. The maximum atomic E-state index is 13.9. The summed E-state index contributed by atoms with van der Waals surface area (Å²) in [6, 6.07) is 7.12. The van der Waals surface area contributed by atoms with Crippen molar-refractivity contribution in [2.24, 2.45) is 17.8 Å². The van der Waals surface area contributed by atoms with Gasteiger partial charge in [-0.05, 0) is 67.1 Å². The molecule has 27 heavy (non-hydrogen) atoms. The van der Waals surface area contributed by atoms with Gasteiger partial charge < -0.3 is 0 Å². The standard InChI is InChI=1S/C25H36FN/c1-2-3-4-19-5-7-20(8-6-19)9-10-21-11-13-22(14-12-21)23-15-16-24(18-27)25(26)17-23/h15-17,19-22H,2-14H2,1H3. The number of hydrogen-bond acceptors (Lipinski definition) is 1. The molecule has 2 saturated carbocycles. The molecule has 0 N–H and O–H groups in total. The molecule has 2 aliphatic rings. The van der Waals surface area contributed by atoms with E-state index in [4.69, 9.17) is 5.26 Å². The Kier molecular flexibility index (Phi) is 7.74. The number of halogens is 1. The lowest BCUT2D eigenvalue weighted by Gasteiger charge is -2.32. The maximum absolute atomic E-state index is 13.9. The molecule has 0 radical (unpaired) electrons. The fourth-order valence-corrected chi connectivity index (χ4v) is 5.43. The second kappa shape index (κ2) is 10.3. The summed E-state index contributed by atoms with van der Waals surface area (Å²) in [5.41, 5.74) is 1.26. The van der Waals surface area contributed by atoms with Crippen LogP contribution in [0.3, 0.4) is 0 Å². The lowest BCUT2D eigenvalue weighted by molar-refractivity contribution is 0.222. The number of benzene rings is 1. The predicted molar refractivity (Wildman–Crippen MR) is 110 cm³/mol. The van der Waals surface area contributed by atoms with Gasteiger partial charge in [0.05, 0.1) is 5.56 Å². The van der Waals surface area contributed by atoms with Crippen molar-refractivity contribution >= 4 is 0 Å². The third kappa shape index (κ3) is 5.81. The van der Waals surface area contributed by atoms with Crippen LogP contribution in [0.2, 0.25) is 0 Å². The Bertz CT molecular complexity index is 616. The predicted octanol–water partition coefficient (Wildman–Crippen LogP) is 7.75. The van der Waals surface area contributed by atoms with Crippen LogP contribution in [0.15, 0.2) is 18.2 Å². The highest BCUT2D eigenvalue weighted by atomic mass is 19.1. The third-order valence-electron chi connectivity index (χ3n) is 7.35. The Labute approximate surface area is 165 Å². The van der Waals surface area contributed by atoms with E-state index in [1.54, 1.807) is 12.1 Å². The lowest BCUT2D eigenvalue weighted by Crippen LogP contribution is -2.18. The van der Waals surface area contributed by atoms with E-state index in [0.717, 1.165) is 23.3 Å². The summed E-state index contributed by atoms with van der Waals surface area (Å²) in [6.45, 7) is 2.30. The second-order valence-corrected chi connectivity index (χ2v) is 9.18. The van der Waals surface area contributed by atoms with E-state index < -0.39 is 0 Å². The molecular formula is C25H36FN. The first-order chi connectivity index (χ1) is 13.2. The highest BCUT2D eigenvalue weighted by molar-refractivity contribution is 5.34. The second-order valence-electron chi connectivity index (χ2n) is 9.18. The number of hydrogen-bond donors (Lipinski definition) is 0. The van der Waals surface area contributed by atoms with Crippen LogP contribution in [0.4, 0.5) is 4.39 Å². The molecule has 0 heterocycles. The third-order valence-corrected chi connectivity index (χ3v) is 7.35. The SMILES string of the molecule is CCCCC1CCC(CCC2CCC(c3ccc(C#N)c(F)c3)CC2)CC1. The lowest BCUT2D eigenvalue weighted by atomic mass is 9.74. The maximum Gasteiger partial charge on any atom is 0.141 e. The van der Waals surface area contributed by atoms with Crippen LogP contribution in [-0.2, 0) is 0 Å². The largest absolute Gasteiger partial charge is 0.206 e. The minimum Gasteiger partial charge on any atom is -0.206 e. The minimum absolute atomic E-state index is 0.164. The summed E-state index contributed by atoms with van der Waals surface area (Å²) < 4.78 is 13.9. The quantitative estimate of drug-likeness (QED) is 0.482.